The van der Waals surface area contributed by atoms with Crippen molar-refractivity contribution in [3.05, 3.63) is 59.7 Å². The van der Waals surface area contributed by atoms with E-state index < -0.39 is 6.04 Å². The van der Waals surface area contributed by atoms with Crippen molar-refractivity contribution < 1.29 is 9.59 Å². The van der Waals surface area contributed by atoms with Crippen LogP contribution in [0.25, 0.3) is 0 Å². The molecule has 0 spiro atoms. The highest BCUT2D eigenvalue weighted by Crippen LogP contribution is 2.22. The Morgan fingerprint density at radius 3 is 2.50 bits per heavy atom. The van der Waals surface area contributed by atoms with Crippen molar-refractivity contribution in [1.29, 1.82) is 0 Å². The average Bonchev–Trinajstić information content (AvgIpc) is 2.69. The maximum Gasteiger partial charge on any atom is 0.252 e. The Morgan fingerprint density at radius 1 is 1.00 bits per heavy atom. The fourth-order valence-electron chi connectivity index (χ4n) is 3.72. The summed E-state index contributed by atoms with van der Waals surface area (Å²) in [6.45, 7) is 2.19. The number of amides is 2. The lowest BCUT2D eigenvalue weighted by atomic mass is 9.95. The van der Waals surface area contributed by atoms with Crippen molar-refractivity contribution in [3.63, 3.8) is 0 Å². The van der Waals surface area contributed by atoms with Gasteiger partial charge in [0.15, 0.2) is 0 Å². The highest BCUT2D eigenvalue weighted by atomic mass is 16.2. The van der Waals surface area contributed by atoms with Crippen molar-refractivity contribution in [1.82, 2.24) is 5.32 Å². The molecule has 2 aliphatic heterocycles. The molecule has 2 amide bonds. The molecular formula is C21H23N3O2. The van der Waals surface area contributed by atoms with E-state index in [-0.39, 0.29) is 11.8 Å². The van der Waals surface area contributed by atoms with Crippen molar-refractivity contribution >= 4 is 23.2 Å². The van der Waals surface area contributed by atoms with Gasteiger partial charge in [-0.1, -0.05) is 18.2 Å². The van der Waals surface area contributed by atoms with Crippen LogP contribution in [0.2, 0.25) is 0 Å². The smallest absolute Gasteiger partial charge is 0.252 e. The zero-order chi connectivity index (χ0) is 17.9. The molecule has 0 radical (unpaired) electrons. The lowest BCUT2D eigenvalue weighted by Gasteiger charge is -2.29. The third-order valence-electron chi connectivity index (χ3n) is 5.16. The minimum Gasteiger partial charge on any atom is -0.372 e. The Morgan fingerprint density at radius 2 is 1.73 bits per heavy atom. The normalized spacial score (nSPS) is 19.5. The van der Waals surface area contributed by atoms with Gasteiger partial charge in [-0.25, -0.2) is 0 Å². The molecule has 2 aliphatic rings. The molecule has 5 heteroatoms. The summed E-state index contributed by atoms with van der Waals surface area (Å²) in [6, 6.07) is 14.8. The first kappa shape index (κ1) is 16.6. The monoisotopic (exact) mass is 349 g/mol. The largest absolute Gasteiger partial charge is 0.372 e. The molecule has 2 N–H and O–H groups in total. The van der Waals surface area contributed by atoms with Crippen LogP contribution >= 0.6 is 0 Å². The van der Waals surface area contributed by atoms with E-state index in [1.54, 1.807) is 6.07 Å². The summed E-state index contributed by atoms with van der Waals surface area (Å²) in [4.78, 5) is 27.1. The maximum atomic E-state index is 12.6. The van der Waals surface area contributed by atoms with Gasteiger partial charge in [0.25, 0.3) is 5.91 Å². The average molecular weight is 349 g/mol. The predicted octanol–water partition coefficient (Wildman–Crippen LogP) is 2.97. The van der Waals surface area contributed by atoms with Gasteiger partial charge >= 0.3 is 0 Å². The molecule has 0 bridgehead atoms. The standard InChI is InChI=1S/C21H23N3O2/c25-20-18-7-3-2-6-15(18)14-19(23-20)21(26)22-16-8-10-17(11-9-16)24-12-4-1-5-13-24/h2-3,6-11,19H,1,4-5,12-14H2,(H,22,26)(H,23,25). The molecule has 1 unspecified atom stereocenters. The van der Waals surface area contributed by atoms with Crippen LogP contribution in [0.3, 0.4) is 0 Å². The Bertz CT molecular complexity index is 810. The molecule has 2 heterocycles. The van der Waals surface area contributed by atoms with E-state index in [0.29, 0.717) is 12.0 Å². The van der Waals surface area contributed by atoms with Gasteiger partial charge in [0.1, 0.15) is 6.04 Å². The molecule has 0 aromatic heterocycles. The summed E-state index contributed by atoms with van der Waals surface area (Å²) >= 11 is 0. The number of fused-ring (bicyclic) bond motifs is 1. The van der Waals surface area contributed by atoms with E-state index in [2.05, 4.69) is 27.7 Å². The van der Waals surface area contributed by atoms with Crippen LogP contribution in [0.5, 0.6) is 0 Å². The summed E-state index contributed by atoms with van der Waals surface area (Å²) in [7, 11) is 0. The first-order valence-corrected chi connectivity index (χ1v) is 9.25. The summed E-state index contributed by atoms with van der Waals surface area (Å²) < 4.78 is 0. The van der Waals surface area contributed by atoms with Crippen molar-refractivity contribution in [2.24, 2.45) is 0 Å². The number of rotatable bonds is 3. The second kappa shape index (κ2) is 7.20. The Hall–Kier alpha value is -2.82. The first-order valence-electron chi connectivity index (χ1n) is 9.25. The predicted molar refractivity (Wildman–Crippen MR) is 103 cm³/mol. The zero-order valence-corrected chi connectivity index (χ0v) is 14.7. The SMILES string of the molecule is O=C1NC(C(=O)Nc2ccc(N3CCCCC3)cc2)Cc2ccccc21. The van der Waals surface area contributed by atoms with E-state index >= 15 is 0 Å². The molecule has 134 valence electrons. The number of carbonyl (C=O) groups is 2. The topological polar surface area (TPSA) is 61.4 Å². The third-order valence-corrected chi connectivity index (χ3v) is 5.16. The van der Waals surface area contributed by atoms with Gasteiger partial charge < -0.3 is 15.5 Å². The number of carbonyl (C=O) groups excluding carboxylic acids is 2. The molecule has 4 rings (SSSR count). The van der Waals surface area contributed by atoms with Gasteiger partial charge in [-0.3, -0.25) is 9.59 Å². The zero-order valence-electron chi connectivity index (χ0n) is 14.7. The van der Waals surface area contributed by atoms with Crippen LogP contribution in [0, 0.1) is 0 Å². The lowest BCUT2D eigenvalue weighted by molar-refractivity contribution is -0.118. The molecular weight excluding hydrogens is 326 g/mol. The molecule has 0 saturated carbocycles. The van der Waals surface area contributed by atoms with E-state index in [0.717, 1.165) is 24.3 Å². The number of anilines is 2. The Kier molecular flexibility index (Phi) is 4.61. The van der Waals surface area contributed by atoms with Crippen LogP contribution in [0.4, 0.5) is 11.4 Å². The third kappa shape index (κ3) is 3.43. The van der Waals surface area contributed by atoms with Crippen LogP contribution in [-0.2, 0) is 11.2 Å². The number of hydrogen-bond donors (Lipinski definition) is 2. The number of nitrogens with one attached hydrogen (secondary N) is 2. The van der Waals surface area contributed by atoms with Gasteiger partial charge in [0, 0.05) is 36.4 Å². The second-order valence-electron chi connectivity index (χ2n) is 6.97. The second-order valence-corrected chi connectivity index (χ2v) is 6.97. The summed E-state index contributed by atoms with van der Waals surface area (Å²) in [5, 5.41) is 5.72. The molecule has 1 atom stereocenters. The Labute approximate surface area is 153 Å². The number of benzene rings is 2. The van der Waals surface area contributed by atoms with E-state index in [1.165, 1.54) is 24.9 Å². The van der Waals surface area contributed by atoms with E-state index in [1.807, 2.05) is 30.3 Å². The maximum absolute atomic E-state index is 12.6. The fraction of sp³-hybridized carbons (Fsp3) is 0.333. The highest BCUT2D eigenvalue weighted by Gasteiger charge is 2.28. The van der Waals surface area contributed by atoms with Crippen LogP contribution in [-0.4, -0.2) is 30.9 Å². The van der Waals surface area contributed by atoms with E-state index in [9.17, 15) is 9.59 Å². The fourth-order valence-corrected chi connectivity index (χ4v) is 3.72. The number of piperidine rings is 1. The first-order chi connectivity index (χ1) is 12.7. The highest BCUT2D eigenvalue weighted by molar-refractivity contribution is 6.03. The van der Waals surface area contributed by atoms with Crippen molar-refractivity contribution in [2.45, 2.75) is 31.7 Å². The van der Waals surface area contributed by atoms with Gasteiger partial charge in [0.2, 0.25) is 5.91 Å². The van der Waals surface area contributed by atoms with Crippen LogP contribution < -0.4 is 15.5 Å². The van der Waals surface area contributed by atoms with Gasteiger partial charge in [-0.15, -0.1) is 0 Å². The van der Waals surface area contributed by atoms with Gasteiger partial charge in [-0.2, -0.15) is 0 Å². The van der Waals surface area contributed by atoms with Crippen LogP contribution in [0.15, 0.2) is 48.5 Å². The van der Waals surface area contributed by atoms with E-state index in [4.69, 9.17) is 0 Å². The number of nitrogens with zero attached hydrogens (tertiary/aromatic N) is 1. The minimum atomic E-state index is -0.542. The van der Waals surface area contributed by atoms with Crippen LogP contribution in [0.1, 0.15) is 35.2 Å². The molecule has 1 saturated heterocycles. The van der Waals surface area contributed by atoms with Crippen molar-refractivity contribution in [2.75, 3.05) is 23.3 Å². The lowest BCUT2D eigenvalue weighted by Crippen LogP contribution is -2.48. The Balaban J connectivity index is 1.41. The number of hydrogen-bond acceptors (Lipinski definition) is 3. The van der Waals surface area contributed by atoms with Crippen molar-refractivity contribution in [3.8, 4) is 0 Å². The molecule has 2 aromatic carbocycles. The van der Waals surface area contributed by atoms with Gasteiger partial charge in [0.05, 0.1) is 0 Å². The minimum absolute atomic E-state index is 0.182. The molecule has 1 fully saturated rings. The molecule has 26 heavy (non-hydrogen) atoms. The molecule has 5 nitrogen and oxygen atoms in total. The summed E-state index contributed by atoms with van der Waals surface area (Å²) in [5.41, 5.74) is 3.52. The quantitative estimate of drug-likeness (QED) is 0.896. The summed E-state index contributed by atoms with van der Waals surface area (Å²) in [6.07, 6.45) is 4.29. The molecule has 0 aliphatic carbocycles. The van der Waals surface area contributed by atoms with Gasteiger partial charge in [-0.05, 0) is 55.2 Å². The summed E-state index contributed by atoms with van der Waals surface area (Å²) in [5.74, 6) is -0.369. The molecule has 2 aromatic rings.